The normalized spacial score (nSPS) is 12.1. The average Bonchev–Trinajstić information content (AvgIpc) is 2.05. The van der Waals surface area contributed by atoms with Crippen molar-refractivity contribution in [2.24, 2.45) is 16.5 Å². The van der Waals surface area contributed by atoms with Crippen molar-refractivity contribution in [3.05, 3.63) is 30.1 Å². The van der Waals surface area contributed by atoms with Crippen LogP contribution in [0.3, 0.4) is 0 Å². The summed E-state index contributed by atoms with van der Waals surface area (Å²) in [5.41, 5.74) is 11.5. The van der Waals surface area contributed by atoms with E-state index in [1.54, 1.807) is 12.4 Å². The second-order valence-corrected chi connectivity index (χ2v) is 2.51. The average molecular weight is 164 g/mol. The highest BCUT2D eigenvalue weighted by Crippen LogP contribution is 2.13. The molecular weight excluding hydrogens is 152 g/mol. The van der Waals surface area contributed by atoms with Crippen LogP contribution in [0.15, 0.2) is 29.5 Å². The number of rotatable bonds is 2. The zero-order valence-corrected chi connectivity index (χ0v) is 6.94. The highest BCUT2D eigenvalue weighted by atomic mass is 15.0. The minimum absolute atomic E-state index is 0.00185. The summed E-state index contributed by atoms with van der Waals surface area (Å²) >= 11 is 0. The van der Waals surface area contributed by atoms with Crippen LogP contribution < -0.4 is 11.5 Å². The van der Waals surface area contributed by atoms with Crippen LogP contribution in [-0.4, -0.2) is 10.9 Å². The lowest BCUT2D eigenvalue weighted by Crippen LogP contribution is -2.23. The molecule has 1 aromatic rings. The van der Waals surface area contributed by atoms with Crippen LogP contribution in [0.1, 0.15) is 18.5 Å². The molecule has 64 valence electrons. The van der Waals surface area contributed by atoms with Gasteiger partial charge < -0.3 is 11.5 Å². The third-order valence-corrected chi connectivity index (χ3v) is 1.53. The van der Waals surface area contributed by atoms with E-state index in [0.29, 0.717) is 0 Å². The third kappa shape index (κ3) is 2.23. The Kier molecular flexibility index (Phi) is 2.63. The fourth-order valence-electron chi connectivity index (χ4n) is 0.940. The number of nitrogens with two attached hydrogens (primary N) is 2. The van der Waals surface area contributed by atoms with E-state index >= 15 is 0 Å². The van der Waals surface area contributed by atoms with E-state index in [-0.39, 0.29) is 12.0 Å². The van der Waals surface area contributed by atoms with Gasteiger partial charge in [-0.1, -0.05) is 0 Å². The molecule has 1 aromatic heterocycles. The highest BCUT2D eigenvalue weighted by molar-refractivity contribution is 5.75. The lowest BCUT2D eigenvalue weighted by molar-refractivity contribution is 0.813. The molecule has 0 aliphatic rings. The van der Waals surface area contributed by atoms with Gasteiger partial charge in [0, 0.05) is 12.4 Å². The predicted octanol–water partition coefficient (Wildman–Crippen LogP) is 0.416. The Bertz CT molecular complexity index is 264. The van der Waals surface area contributed by atoms with Crippen LogP contribution in [0.25, 0.3) is 0 Å². The van der Waals surface area contributed by atoms with Crippen LogP contribution in [-0.2, 0) is 0 Å². The Hall–Kier alpha value is -1.58. The molecule has 0 aliphatic carbocycles. The molecule has 4 N–H and O–H groups in total. The summed E-state index contributed by atoms with van der Waals surface area (Å²) in [6.45, 7) is 1.93. The van der Waals surface area contributed by atoms with Gasteiger partial charge in [0.15, 0.2) is 5.96 Å². The van der Waals surface area contributed by atoms with E-state index in [2.05, 4.69) is 9.98 Å². The maximum absolute atomic E-state index is 5.24. The van der Waals surface area contributed by atoms with E-state index in [1.165, 1.54) is 0 Å². The molecule has 12 heavy (non-hydrogen) atoms. The monoisotopic (exact) mass is 164 g/mol. The molecule has 0 spiro atoms. The molecule has 0 fully saturated rings. The molecule has 0 radical (unpaired) electrons. The Morgan fingerprint density at radius 2 is 2.00 bits per heavy atom. The largest absolute Gasteiger partial charge is 0.370 e. The van der Waals surface area contributed by atoms with Crippen LogP contribution in [0, 0.1) is 0 Å². The van der Waals surface area contributed by atoms with Gasteiger partial charge >= 0.3 is 0 Å². The Labute approximate surface area is 71.3 Å². The Morgan fingerprint density at radius 3 is 2.50 bits per heavy atom. The lowest BCUT2D eigenvalue weighted by Gasteiger charge is -2.05. The van der Waals surface area contributed by atoms with Gasteiger partial charge in [-0.25, -0.2) is 4.99 Å². The van der Waals surface area contributed by atoms with Gasteiger partial charge in [-0.3, -0.25) is 4.98 Å². The van der Waals surface area contributed by atoms with Crippen molar-refractivity contribution in [1.82, 2.24) is 4.98 Å². The first-order valence-corrected chi connectivity index (χ1v) is 3.69. The number of aromatic nitrogens is 1. The third-order valence-electron chi connectivity index (χ3n) is 1.53. The topological polar surface area (TPSA) is 77.3 Å². The van der Waals surface area contributed by atoms with E-state index in [0.717, 1.165) is 5.56 Å². The molecule has 1 rings (SSSR count). The molecule has 0 saturated carbocycles. The first kappa shape index (κ1) is 8.52. The highest BCUT2D eigenvalue weighted by Gasteiger charge is 2.01. The minimum atomic E-state index is -0.00185. The summed E-state index contributed by atoms with van der Waals surface area (Å²) in [5, 5.41) is 0. The molecule has 0 saturated heterocycles. The molecule has 1 heterocycles. The standard InChI is InChI=1S/C8H12N4/c1-6(12-8(9)10)7-2-4-11-5-3-7/h2-6H,1H3,(H4,9,10,12)/t6-/m1/s1. The Morgan fingerprint density at radius 1 is 1.42 bits per heavy atom. The van der Waals surface area contributed by atoms with E-state index in [9.17, 15) is 0 Å². The van der Waals surface area contributed by atoms with Gasteiger partial charge in [0.05, 0.1) is 6.04 Å². The van der Waals surface area contributed by atoms with Gasteiger partial charge in [0.1, 0.15) is 0 Å². The fourth-order valence-corrected chi connectivity index (χ4v) is 0.940. The molecule has 0 aromatic carbocycles. The molecule has 4 heteroatoms. The van der Waals surface area contributed by atoms with Crippen LogP contribution >= 0.6 is 0 Å². The first-order chi connectivity index (χ1) is 5.70. The van der Waals surface area contributed by atoms with Crippen LogP contribution in [0.4, 0.5) is 0 Å². The van der Waals surface area contributed by atoms with Crippen molar-refractivity contribution in [3.63, 3.8) is 0 Å². The van der Waals surface area contributed by atoms with Gasteiger partial charge in [0.2, 0.25) is 0 Å². The number of pyridine rings is 1. The molecular formula is C8H12N4. The van der Waals surface area contributed by atoms with E-state index in [1.807, 2.05) is 19.1 Å². The van der Waals surface area contributed by atoms with Crippen molar-refractivity contribution in [3.8, 4) is 0 Å². The van der Waals surface area contributed by atoms with E-state index in [4.69, 9.17) is 11.5 Å². The molecule has 0 aliphatic heterocycles. The predicted molar refractivity (Wildman–Crippen MR) is 48.5 cm³/mol. The quantitative estimate of drug-likeness (QED) is 0.491. The van der Waals surface area contributed by atoms with E-state index < -0.39 is 0 Å². The minimum Gasteiger partial charge on any atom is -0.370 e. The van der Waals surface area contributed by atoms with Crippen LogP contribution in [0.5, 0.6) is 0 Å². The van der Waals surface area contributed by atoms with Crippen molar-refractivity contribution < 1.29 is 0 Å². The van der Waals surface area contributed by atoms with Gasteiger partial charge in [-0.2, -0.15) is 0 Å². The van der Waals surface area contributed by atoms with Gasteiger partial charge in [0.25, 0.3) is 0 Å². The van der Waals surface area contributed by atoms with Crippen molar-refractivity contribution >= 4 is 5.96 Å². The fraction of sp³-hybridized carbons (Fsp3) is 0.250. The maximum atomic E-state index is 5.24. The van der Waals surface area contributed by atoms with Crippen LogP contribution in [0.2, 0.25) is 0 Å². The number of hydrogen-bond donors (Lipinski definition) is 2. The first-order valence-electron chi connectivity index (χ1n) is 3.69. The smallest absolute Gasteiger partial charge is 0.186 e. The summed E-state index contributed by atoms with van der Waals surface area (Å²) in [7, 11) is 0. The number of aliphatic imine (C=N–C) groups is 1. The maximum Gasteiger partial charge on any atom is 0.186 e. The van der Waals surface area contributed by atoms with Crippen molar-refractivity contribution in [2.75, 3.05) is 0 Å². The SMILES string of the molecule is C[C@@H](N=C(N)N)c1ccncc1. The lowest BCUT2D eigenvalue weighted by atomic mass is 10.1. The second kappa shape index (κ2) is 3.71. The zero-order chi connectivity index (χ0) is 8.97. The number of guanidine groups is 1. The second-order valence-electron chi connectivity index (χ2n) is 2.51. The number of hydrogen-bond acceptors (Lipinski definition) is 2. The molecule has 4 nitrogen and oxygen atoms in total. The summed E-state index contributed by atoms with van der Waals surface area (Å²) in [6, 6.07) is 3.77. The molecule has 0 amide bonds. The summed E-state index contributed by atoms with van der Waals surface area (Å²) in [5.74, 6) is 0.110. The number of nitrogens with zero attached hydrogens (tertiary/aromatic N) is 2. The molecule has 0 unspecified atom stereocenters. The van der Waals surface area contributed by atoms with Crippen molar-refractivity contribution in [2.45, 2.75) is 13.0 Å². The van der Waals surface area contributed by atoms with Crippen molar-refractivity contribution in [1.29, 1.82) is 0 Å². The summed E-state index contributed by atoms with van der Waals surface area (Å²) in [6.07, 6.45) is 3.43. The Balaban J connectivity index is 2.79. The molecule has 0 bridgehead atoms. The van der Waals surface area contributed by atoms with Gasteiger partial charge in [-0.05, 0) is 24.6 Å². The zero-order valence-electron chi connectivity index (χ0n) is 6.94. The summed E-state index contributed by atoms with van der Waals surface area (Å²) in [4.78, 5) is 7.89. The summed E-state index contributed by atoms with van der Waals surface area (Å²) < 4.78 is 0. The van der Waals surface area contributed by atoms with Gasteiger partial charge in [-0.15, -0.1) is 0 Å². The molecule has 1 atom stereocenters.